The van der Waals surface area contributed by atoms with Gasteiger partial charge in [0, 0.05) is 11.4 Å². The van der Waals surface area contributed by atoms with Gasteiger partial charge in [-0.2, -0.15) is 0 Å². The second-order valence-electron chi connectivity index (χ2n) is 6.88. The molecule has 0 radical (unpaired) electrons. The first-order chi connectivity index (χ1) is 13.2. The van der Waals surface area contributed by atoms with Crippen molar-refractivity contribution in [1.82, 2.24) is 9.55 Å². The van der Waals surface area contributed by atoms with Crippen molar-refractivity contribution in [3.8, 4) is 11.5 Å². The second-order valence-corrected chi connectivity index (χ2v) is 7.97. The lowest BCUT2D eigenvalue weighted by molar-refractivity contribution is 0.299. The Morgan fingerprint density at radius 2 is 1.89 bits per heavy atom. The van der Waals surface area contributed by atoms with E-state index in [1.165, 1.54) is 23.3 Å². The number of hydrogen-bond donors (Lipinski definition) is 0. The van der Waals surface area contributed by atoms with Crippen LogP contribution in [0.3, 0.4) is 0 Å². The minimum atomic E-state index is 0.112. The highest BCUT2D eigenvalue weighted by Crippen LogP contribution is 2.33. The molecule has 142 valence electrons. The van der Waals surface area contributed by atoms with Crippen molar-refractivity contribution in [3.63, 3.8) is 0 Å². The molecule has 27 heavy (non-hydrogen) atoms. The van der Waals surface area contributed by atoms with Crippen molar-refractivity contribution in [2.24, 2.45) is 0 Å². The maximum Gasteiger partial charge on any atom is 0.262 e. The summed E-state index contributed by atoms with van der Waals surface area (Å²) in [6.07, 6.45) is 5.24. The molecule has 5 nitrogen and oxygen atoms in total. The molecular formula is C21H24N2O3S. The molecule has 0 fully saturated rings. The number of thiophene rings is 1. The summed E-state index contributed by atoms with van der Waals surface area (Å²) < 4.78 is 12.7. The lowest BCUT2D eigenvalue weighted by Gasteiger charge is -2.12. The molecule has 0 unspecified atom stereocenters. The summed E-state index contributed by atoms with van der Waals surface area (Å²) in [6.45, 7) is 3.09. The maximum atomic E-state index is 13.1. The number of fused-ring (bicyclic) bond motifs is 3. The summed E-state index contributed by atoms with van der Waals surface area (Å²) in [7, 11) is 1.64. The fourth-order valence-electron chi connectivity index (χ4n) is 3.69. The summed E-state index contributed by atoms with van der Waals surface area (Å²) in [5, 5.41) is 0.858. The smallest absolute Gasteiger partial charge is 0.262 e. The summed E-state index contributed by atoms with van der Waals surface area (Å²) >= 11 is 1.71. The molecule has 4 rings (SSSR count). The van der Waals surface area contributed by atoms with Crippen LogP contribution in [0.15, 0.2) is 29.1 Å². The Morgan fingerprint density at radius 3 is 2.67 bits per heavy atom. The van der Waals surface area contributed by atoms with Crippen LogP contribution in [-0.4, -0.2) is 23.3 Å². The third-order valence-electron chi connectivity index (χ3n) is 5.12. The highest BCUT2D eigenvalue weighted by atomic mass is 32.1. The van der Waals surface area contributed by atoms with Crippen LogP contribution in [0.25, 0.3) is 10.2 Å². The molecule has 0 aliphatic heterocycles. The first-order valence-corrected chi connectivity index (χ1v) is 10.3. The van der Waals surface area contributed by atoms with Gasteiger partial charge in [0.05, 0.1) is 19.1 Å². The second kappa shape index (κ2) is 7.72. The predicted octanol–water partition coefficient (Wildman–Crippen LogP) is 4.12. The zero-order valence-electron chi connectivity index (χ0n) is 15.8. The Labute approximate surface area is 162 Å². The quantitative estimate of drug-likeness (QED) is 0.600. The molecule has 0 saturated heterocycles. The average Bonchev–Trinajstić information content (AvgIpc) is 3.05. The van der Waals surface area contributed by atoms with Crippen LogP contribution >= 0.6 is 11.3 Å². The van der Waals surface area contributed by atoms with Gasteiger partial charge in [0.1, 0.15) is 22.2 Å². The van der Waals surface area contributed by atoms with Crippen LogP contribution in [-0.2, 0) is 19.4 Å². The standard InChI is InChI=1S/C21H24N2O3S/c1-14-22-20-19(17-6-3-4-7-18(17)27-20)21(24)23(14)12-5-13-26-16-10-8-15(25-2)9-11-16/h8-11H,3-7,12-13H2,1-2H3. The van der Waals surface area contributed by atoms with E-state index in [4.69, 9.17) is 14.5 Å². The molecule has 0 N–H and O–H groups in total. The van der Waals surface area contributed by atoms with Crippen molar-refractivity contribution < 1.29 is 9.47 Å². The van der Waals surface area contributed by atoms with Gasteiger partial charge in [-0.1, -0.05) is 0 Å². The summed E-state index contributed by atoms with van der Waals surface area (Å²) in [4.78, 5) is 20.1. The molecule has 0 spiro atoms. The Bertz CT molecular complexity index is 1000. The van der Waals surface area contributed by atoms with Crippen LogP contribution in [0, 0.1) is 6.92 Å². The SMILES string of the molecule is COc1ccc(OCCCn2c(C)nc3sc4c(c3c2=O)CCCC4)cc1. The first-order valence-electron chi connectivity index (χ1n) is 9.46. The van der Waals surface area contributed by atoms with Gasteiger partial charge >= 0.3 is 0 Å². The summed E-state index contributed by atoms with van der Waals surface area (Å²) in [6, 6.07) is 7.53. The molecule has 3 aromatic rings. The Hall–Kier alpha value is -2.34. The molecular weight excluding hydrogens is 360 g/mol. The highest BCUT2D eigenvalue weighted by Gasteiger charge is 2.20. The van der Waals surface area contributed by atoms with Gasteiger partial charge in [-0.25, -0.2) is 4.98 Å². The highest BCUT2D eigenvalue weighted by molar-refractivity contribution is 7.18. The van der Waals surface area contributed by atoms with Gasteiger partial charge in [-0.15, -0.1) is 11.3 Å². The molecule has 0 amide bonds. The van der Waals surface area contributed by atoms with Gasteiger partial charge < -0.3 is 9.47 Å². The van der Waals surface area contributed by atoms with Crippen LogP contribution in [0.2, 0.25) is 0 Å². The van der Waals surface area contributed by atoms with E-state index >= 15 is 0 Å². The summed E-state index contributed by atoms with van der Waals surface area (Å²) in [5.74, 6) is 2.40. The fraction of sp³-hybridized carbons (Fsp3) is 0.429. The number of aromatic nitrogens is 2. The zero-order chi connectivity index (χ0) is 18.8. The monoisotopic (exact) mass is 384 g/mol. The van der Waals surface area contributed by atoms with Crippen LogP contribution in [0.5, 0.6) is 11.5 Å². The van der Waals surface area contributed by atoms with E-state index in [0.717, 1.165) is 46.8 Å². The molecule has 2 aromatic heterocycles. The topological polar surface area (TPSA) is 53.4 Å². The molecule has 0 bridgehead atoms. The van der Waals surface area contributed by atoms with E-state index in [1.54, 1.807) is 23.0 Å². The third kappa shape index (κ3) is 3.58. The van der Waals surface area contributed by atoms with Crippen molar-refractivity contribution in [3.05, 3.63) is 50.9 Å². The number of benzene rings is 1. The van der Waals surface area contributed by atoms with E-state index in [0.29, 0.717) is 13.2 Å². The van der Waals surface area contributed by atoms with Gasteiger partial charge in [0.2, 0.25) is 0 Å². The average molecular weight is 385 g/mol. The Kier molecular flexibility index (Phi) is 5.16. The van der Waals surface area contributed by atoms with Crippen molar-refractivity contribution >= 4 is 21.6 Å². The van der Waals surface area contributed by atoms with E-state index < -0.39 is 0 Å². The third-order valence-corrected chi connectivity index (χ3v) is 6.31. The minimum Gasteiger partial charge on any atom is -0.497 e. The van der Waals surface area contributed by atoms with Crippen LogP contribution in [0.1, 0.15) is 35.5 Å². The number of ether oxygens (including phenoxy) is 2. The maximum absolute atomic E-state index is 13.1. The molecule has 1 aromatic carbocycles. The number of rotatable bonds is 6. The first kappa shape index (κ1) is 18.0. The minimum absolute atomic E-state index is 0.112. The fourth-order valence-corrected chi connectivity index (χ4v) is 4.99. The van der Waals surface area contributed by atoms with E-state index in [9.17, 15) is 4.79 Å². The van der Waals surface area contributed by atoms with Gasteiger partial charge in [-0.05, 0) is 68.9 Å². The van der Waals surface area contributed by atoms with Gasteiger partial charge in [0.15, 0.2) is 0 Å². The van der Waals surface area contributed by atoms with E-state index in [1.807, 2.05) is 31.2 Å². The predicted molar refractivity (Wildman–Crippen MR) is 108 cm³/mol. The van der Waals surface area contributed by atoms with Gasteiger partial charge in [0.25, 0.3) is 5.56 Å². The van der Waals surface area contributed by atoms with Crippen molar-refractivity contribution in [2.45, 2.75) is 45.6 Å². The molecule has 1 aliphatic rings. The molecule has 1 aliphatic carbocycles. The molecule has 0 saturated carbocycles. The number of methoxy groups -OCH3 is 1. The van der Waals surface area contributed by atoms with E-state index in [2.05, 4.69) is 0 Å². The van der Waals surface area contributed by atoms with Crippen molar-refractivity contribution in [2.75, 3.05) is 13.7 Å². The van der Waals surface area contributed by atoms with Crippen LogP contribution in [0.4, 0.5) is 0 Å². The van der Waals surface area contributed by atoms with Crippen LogP contribution < -0.4 is 15.0 Å². The number of hydrogen-bond acceptors (Lipinski definition) is 5. The Balaban J connectivity index is 1.47. The summed E-state index contributed by atoms with van der Waals surface area (Å²) in [5.41, 5.74) is 1.36. The Morgan fingerprint density at radius 1 is 1.15 bits per heavy atom. The van der Waals surface area contributed by atoms with Gasteiger partial charge in [-0.3, -0.25) is 9.36 Å². The normalized spacial score (nSPS) is 13.6. The molecule has 2 heterocycles. The lowest BCUT2D eigenvalue weighted by atomic mass is 9.97. The number of nitrogens with zero attached hydrogens (tertiary/aromatic N) is 2. The lowest BCUT2D eigenvalue weighted by Crippen LogP contribution is -2.25. The van der Waals surface area contributed by atoms with E-state index in [-0.39, 0.29) is 5.56 Å². The molecule has 0 atom stereocenters. The number of aryl methyl sites for hydroxylation is 3. The molecule has 6 heteroatoms. The largest absolute Gasteiger partial charge is 0.497 e. The zero-order valence-corrected chi connectivity index (χ0v) is 16.6. The van der Waals surface area contributed by atoms with Crippen molar-refractivity contribution in [1.29, 1.82) is 0 Å².